The third-order valence-corrected chi connectivity index (χ3v) is 14.6. The Labute approximate surface area is 537 Å². The minimum absolute atomic E-state index is 0.00219. The number of hydrogen-bond acceptors (Lipinski definition) is 20. The summed E-state index contributed by atoms with van der Waals surface area (Å²) >= 11 is 4.11. The number of nitrogens with zero attached hydrogens (tertiary/aromatic N) is 1. The Bertz CT molecular complexity index is 2710. The van der Waals surface area contributed by atoms with E-state index in [-0.39, 0.29) is 75.1 Å². The monoisotopic (exact) mass is 1320 g/mol. The quantitative estimate of drug-likeness (QED) is 0.0131. The van der Waals surface area contributed by atoms with Crippen molar-refractivity contribution in [2.75, 3.05) is 25.4 Å². The van der Waals surface area contributed by atoms with Gasteiger partial charge in [0.2, 0.25) is 65.0 Å². The van der Waals surface area contributed by atoms with Gasteiger partial charge in [0.15, 0.2) is 0 Å². The number of nitrogens with one attached hydrogen (secondary N) is 10. The molecule has 0 fully saturated rings. The van der Waals surface area contributed by atoms with Crippen molar-refractivity contribution >= 4 is 101 Å². The lowest BCUT2D eigenvalue weighted by Gasteiger charge is -2.28. The summed E-state index contributed by atoms with van der Waals surface area (Å²) in [4.78, 5) is 196. The molecule has 35 heteroatoms. The summed E-state index contributed by atoms with van der Waals surface area (Å²) in [7, 11) is 0. The summed E-state index contributed by atoms with van der Waals surface area (Å²) in [6.45, 7) is 9.83. The predicted octanol–water partition coefficient (Wildman–Crippen LogP) is -3.43. The fourth-order valence-electron chi connectivity index (χ4n) is 8.87. The van der Waals surface area contributed by atoms with Gasteiger partial charge in [0.1, 0.15) is 54.4 Å². The van der Waals surface area contributed by atoms with Gasteiger partial charge in [0.25, 0.3) is 5.69 Å². The Balaban J connectivity index is 3.40. The van der Waals surface area contributed by atoms with Crippen LogP contribution in [0.25, 0.3) is 0 Å². The van der Waals surface area contributed by atoms with Crippen molar-refractivity contribution in [3.8, 4) is 0 Å². The molecule has 0 aromatic heterocycles. The number of amides is 11. The number of aliphatic carboxylic acids is 3. The van der Waals surface area contributed by atoms with E-state index in [0.717, 1.165) is 12.1 Å². The summed E-state index contributed by atoms with van der Waals surface area (Å²) < 4.78 is 0. The van der Waals surface area contributed by atoms with E-state index in [1.165, 1.54) is 12.1 Å². The van der Waals surface area contributed by atoms with Crippen LogP contribution in [0.5, 0.6) is 0 Å². The number of carboxylic acid groups (broad SMARTS) is 3. The van der Waals surface area contributed by atoms with Crippen molar-refractivity contribution in [2.24, 2.45) is 40.7 Å². The van der Waals surface area contributed by atoms with Gasteiger partial charge in [-0.25, -0.2) is 4.79 Å². The third-order valence-electron chi connectivity index (χ3n) is 14.2. The Morgan fingerprint density at radius 3 is 1.34 bits per heavy atom. The average Bonchev–Trinajstić information content (AvgIpc) is 0.961. The van der Waals surface area contributed by atoms with E-state index in [9.17, 15) is 92.6 Å². The number of hydrogen-bond donors (Lipinski definition) is 18. The lowest BCUT2D eigenvalue weighted by atomic mass is 9.98. The second-order valence-corrected chi connectivity index (χ2v) is 23.3. The number of rotatable bonds is 46. The summed E-state index contributed by atoms with van der Waals surface area (Å²) in [6, 6.07) is -10.4. The molecule has 0 unspecified atom stereocenters. The molecule has 0 saturated carbocycles. The van der Waals surface area contributed by atoms with Crippen molar-refractivity contribution in [3.63, 3.8) is 0 Å². The van der Waals surface area contributed by atoms with Gasteiger partial charge in [0, 0.05) is 30.7 Å². The lowest BCUT2D eigenvalue weighted by molar-refractivity contribution is -0.384. The number of thiol groups is 1. The zero-order valence-electron chi connectivity index (χ0n) is 52.6. The van der Waals surface area contributed by atoms with E-state index in [0.29, 0.717) is 31.2 Å². The molecule has 1 aromatic carbocycles. The van der Waals surface area contributed by atoms with Gasteiger partial charge in [0.05, 0.1) is 30.4 Å². The molecule has 516 valence electrons. The van der Waals surface area contributed by atoms with Crippen molar-refractivity contribution in [3.05, 3.63) is 39.9 Å². The lowest BCUT2D eigenvalue weighted by Crippen LogP contribution is -2.61. The van der Waals surface area contributed by atoms with Crippen LogP contribution >= 0.6 is 12.6 Å². The Morgan fingerprint density at radius 1 is 0.522 bits per heavy atom. The summed E-state index contributed by atoms with van der Waals surface area (Å²) in [5.74, 6) is -17.1. The minimum Gasteiger partial charge on any atom is -0.481 e. The first-order valence-electron chi connectivity index (χ1n) is 30.1. The number of carbonyl (C=O) groups is 14. The first-order valence-corrected chi connectivity index (χ1v) is 30.8. The highest BCUT2D eigenvalue weighted by atomic mass is 32.1. The van der Waals surface area contributed by atoms with Crippen molar-refractivity contribution in [1.29, 1.82) is 0 Å². The summed E-state index contributed by atoms with van der Waals surface area (Å²) in [5, 5.41) is 64.1. The molecule has 92 heavy (non-hydrogen) atoms. The highest BCUT2D eigenvalue weighted by molar-refractivity contribution is 7.80. The molecular formula is C57H93N15O19S. The van der Waals surface area contributed by atoms with Crippen molar-refractivity contribution < 1.29 is 87.4 Å². The first kappa shape index (κ1) is 81.4. The van der Waals surface area contributed by atoms with Crippen LogP contribution in [0.1, 0.15) is 131 Å². The predicted molar refractivity (Wildman–Crippen MR) is 334 cm³/mol. The molecule has 0 aliphatic carbocycles. The highest BCUT2D eigenvalue weighted by Gasteiger charge is 2.37. The zero-order chi connectivity index (χ0) is 69.9. The molecule has 0 bridgehead atoms. The molecule has 0 saturated heterocycles. The highest BCUT2D eigenvalue weighted by Crippen LogP contribution is 2.16. The number of benzene rings is 1. The fraction of sp³-hybridized carbons (Fsp3) is 0.649. The number of nitrogens with two attached hydrogens (primary N) is 4. The minimum atomic E-state index is -1.94. The molecule has 0 radical (unpaired) electrons. The Morgan fingerprint density at radius 2 is 0.924 bits per heavy atom. The molecule has 21 N–H and O–H groups in total. The van der Waals surface area contributed by atoms with Crippen LogP contribution in [-0.4, -0.2) is 189 Å². The van der Waals surface area contributed by atoms with E-state index in [1.54, 1.807) is 34.6 Å². The van der Waals surface area contributed by atoms with Gasteiger partial charge < -0.3 is 91.4 Å². The molecule has 34 nitrogen and oxygen atoms in total. The van der Waals surface area contributed by atoms with Gasteiger partial charge in [-0.2, -0.15) is 12.6 Å². The number of primary amides is 1. The van der Waals surface area contributed by atoms with Gasteiger partial charge in [-0.05, 0) is 94.2 Å². The molecule has 1 aromatic rings. The number of non-ortho nitro benzene ring substituents is 1. The maximum Gasteiger partial charge on any atom is 0.326 e. The smallest absolute Gasteiger partial charge is 0.326 e. The van der Waals surface area contributed by atoms with E-state index < -0.39 is 186 Å². The maximum absolute atomic E-state index is 14.2. The van der Waals surface area contributed by atoms with E-state index in [2.05, 4.69) is 65.8 Å². The zero-order valence-corrected chi connectivity index (χ0v) is 53.5. The van der Waals surface area contributed by atoms with Crippen LogP contribution in [0.2, 0.25) is 0 Å². The topological polar surface area (TPSA) is 567 Å². The molecule has 0 aliphatic heterocycles. The largest absolute Gasteiger partial charge is 0.481 e. The molecule has 11 amide bonds. The first-order chi connectivity index (χ1) is 43.2. The molecular weight excluding hydrogens is 1230 g/mol. The number of nitro groups is 1. The molecule has 0 spiro atoms. The fourth-order valence-corrected chi connectivity index (χ4v) is 9.12. The number of carboxylic acids is 3. The van der Waals surface area contributed by atoms with Crippen LogP contribution in [0.4, 0.5) is 5.69 Å². The second kappa shape index (κ2) is 42.5. The van der Waals surface area contributed by atoms with E-state index in [4.69, 9.17) is 22.9 Å². The molecule has 0 heterocycles. The van der Waals surface area contributed by atoms with Crippen LogP contribution in [0.15, 0.2) is 24.3 Å². The molecule has 11 atom stereocenters. The summed E-state index contributed by atoms with van der Waals surface area (Å²) in [6.07, 6.45) is -2.03. The third kappa shape index (κ3) is 31.4. The van der Waals surface area contributed by atoms with Crippen molar-refractivity contribution in [1.82, 2.24) is 53.2 Å². The Hall–Kier alpha value is -8.57. The van der Waals surface area contributed by atoms with Crippen LogP contribution in [0.3, 0.4) is 0 Å². The van der Waals surface area contributed by atoms with Crippen molar-refractivity contribution in [2.45, 2.75) is 192 Å². The standard InChI is InChI=1S/C57H93N15O19S/c1-7-31(6)47(61)56(87)66-35(13-9-11-21-59)49(80)65-36(18-19-45(75)76)51(82)68-39(25-43(60)73)54(85)67-38(23-30(4)5)53(84)64-34(12-8-10-20-58)50(81)69-40(26-46(77)78)55(86)71-42(28-92)48(79)62-27-44(74)63-37(22-29(2)3)52(83)70-41(57(88)89)24-32-14-16-33(17-15-32)72(90)91/h14-17,29-31,34-42,47,92H,7-13,18-28,58-59,61H2,1-6H3,(H2,60,73)(H,62,79)(H,63,74)(H,64,84)(H,65,80)(H,66,87)(H,67,85)(H,68,82)(H,69,81)(H,70,83)(H,71,86)(H,75,76)(H,77,78)(H,88,89)/t31-,34-,35-,36-,37-,38-,39-,40-,41-,42-,47-/m0/s1. The van der Waals surface area contributed by atoms with Gasteiger partial charge in [-0.3, -0.25) is 72.4 Å². The van der Waals surface area contributed by atoms with Gasteiger partial charge in [-0.1, -0.05) is 60.1 Å². The normalized spacial score (nSPS) is 14.7. The maximum atomic E-state index is 14.2. The van der Waals surface area contributed by atoms with E-state index >= 15 is 0 Å². The summed E-state index contributed by atoms with van der Waals surface area (Å²) in [5.41, 5.74) is 23.0. The number of unbranched alkanes of at least 4 members (excludes halogenated alkanes) is 2. The average molecular weight is 1320 g/mol. The van der Waals surface area contributed by atoms with Crippen LogP contribution < -0.4 is 76.1 Å². The Kier molecular flexibility index (Phi) is 37.6. The van der Waals surface area contributed by atoms with Gasteiger partial charge >= 0.3 is 17.9 Å². The second-order valence-electron chi connectivity index (χ2n) is 22.9. The van der Waals surface area contributed by atoms with Gasteiger partial charge in [-0.15, -0.1) is 0 Å². The molecule has 0 aliphatic rings. The molecule has 1 rings (SSSR count). The SMILES string of the molecule is CC[C@H](C)[C@H](N)C(=O)N[C@@H](CCCCN)C(=O)N[C@@H](CCC(=O)O)C(=O)N[C@@H](CC(N)=O)C(=O)N[C@@H](CC(C)C)C(=O)N[C@@H](CCCCN)C(=O)N[C@@H](CC(=O)O)C(=O)N[C@@H](CS)C(=O)NCC(=O)N[C@@H](CC(C)C)C(=O)N[C@@H](Cc1ccc([N+](=O)[O-])cc1)C(=O)O. The number of carbonyl (C=O) groups excluding carboxylic acids is 11. The van der Waals surface area contributed by atoms with Crippen LogP contribution in [-0.2, 0) is 73.5 Å². The van der Waals surface area contributed by atoms with E-state index in [1.807, 2.05) is 6.92 Å². The number of nitro benzene ring substituents is 1. The van der Waals surface area contributed by atoms with Crippen LogP contribution in [0, 0.1) is 27.9 Å².